The first-order valence-corrected chi connectivity index (χ1v) is 5.77. The van der Waals surface area contributed by atoms with Gasteiger partial charge in [0.05, 0.1) is 11.3 Å². The standard InChI is InChI=1S/C10H12BrFN4O2/c11-6-4-7(12)8(13)3-5(6)9(17)15-1-2-16-10(14)18/h3-4H,1-2,13H2,(H,15,17)(H3,14,16,18). The Kier molecular flexibility index (Phi) is 4.90. The molecule has 0 radical (unpaired) electrons. The molecule has 6 nitrogen and oxygen atoms in total. The van der Waals surface area contributed by atoms with Gasteiger partial charge in [-0.05, 0) is 28.1 Å². The minimum Gasteiger partial charge on any atom is -0.396 e. The SMILES string of the molecule is NC(=O)NCCNC(=O)c1cc(N)c(F)cc1Br. The predicted octanol–water partition coefficient (Wildman–Crippen LogP) is 0.569. The summed E-state index contributed by atoms with van der Waals surface area (Å²) >= 11 is 3.07. The van der Waals surface area contributed by atoms with E-state index in [9.17, 15) is 14.0 Å². The van der Waals surface area contributed by atoms with Crippen LogP contribution in [0.3, 0.4) is 0 Å². The normalized spacial score (nSPS) is 9.89. The van der Waals surface area contributed by atoms with Crippen LogP contribution >= 0.6 is 15.9 Å². The third-order valence-corrected chi connectivity index (χ3v) is 2.70. The molecule has 0 aromatic heterocycles. The van der Waals surface area contributed by atoms with Crippen LogP contribution in [0.15, 0.2) is 16.6 Å². The largest absolute Gasteiger partial charge is 0.396 e. The Morgan fingerprint density at radius 3 is 2.50 bits per heavy atom. The van der Waals surface area contributed by atoms with Crippen molar-refractivity contribution in [2.75, 3.05) is 18.8 Å². The van der Waals surface area contributed by atoms with E-state index in [1.807, 2.05) is 0 Å². The summed E-state index contributed by atoms with van der Waals surface area (Å²) in [4.78, 5) is 22.1. The second kappa shape index (κ2) is 6.20. The van der Waals surface area contributed by atoms with Gasteiger partial charge in [-0.2, -0.15) is 0 Å². The minimum atomic E-state index is -0.670. The molecule has 0 bridgehead atoms. The van der Waals surface area contributed by atoms with E-state index in [1.165, 1.54) is 6.07 Å². The highest BCUT2D eigenvalue weighted by Crippen LogP contribution is 2.22. The molecular weight excluding hydrogens is 307 g/mol. The van der Waals surface area contributed by atoms with Gasteiger partial charge in [-0.25, -0.2) is 9.18 Å². The van der Waals surface area contributed by atoms with Crippen molar-refractivity contribution < 1.29 is 14.0 Å². The van der Waals surface area contributed by atoms with Crippen LogP contribution in [-0.4, -0.2) is 25.0 Å². The Morgan fingerprint density at radius 1 is 1.28 bits per heavy atom. The topological polar surface area (TPSA) is 110 Å². The molecule has 0 heterocycles. The zero-order chi connectivity index (χ0) is 13.7. The lowest BCUT2D eigenvalue weighted by atomic mass is 10.2. The van der Waals surface area contributed by atoms with E-state index in [0.29, 0.717) is 4.47 Å². The summed E-state index contributed by atoms with van der Waals surface area (Å²) in [6, 6.07) is 1.68. The Labute approximate surface area is 111 Å². The number of amides is 3. The van der Waals surface area contributed by atoms with E-state index in [4.69, 9.17) is 11.5 Å². The van der Waals surface area contributed by atoms with Gasteiger partial charge in [0.2, 0.25) is 0 Å². The highest BCUT2D eigenvalue weighted by atomic mass is 79.9. The van der Waals surface area contributed by atoms with Crippen molar-refractivity contribution in [3.05, 3.63) is 28.0 Å². The van der Waals surface area contributed by atoms with Gasteiger partial charge >= 0.3 is 6.03 Å². The van der Waals surface area contributed by atoms with Gasteiger partial charge in [0.1, 0.15) is 5.82 Å². The number of carbonyl (C=O) groups excluding carboxylic acids is 2. The molecule has 6 N–H and O–H groups in total. The molecule has 0 atom stereocenters. The van der Waals surface area contributed by atoms with Crippen molar-refractivity contribution in [3.8, 4) is 0 Å². The number of halogens is 2. The van der Waals surface area contributed by atoms with E-state index in [0.717, 1.165) is 6.07 Å². The number of hydrogen-bond donors (Lipinski definition) is 4. The summed E-state index contributed by atoms with van der Waals surface area (Å²) in [5, 5.41) is 4.84. The Balaban J connectivity index is 2.62. The maximum atomic E-state index is 13.1. The average Bonchev–Trinajstić information content (AvgIpc) is 2.28. The first-order chi connectivity index (χ1) is 8.41. The number of nitrogens with one attached hydrogen (secondary N) is 2. The number of nitrogen functional groups attached to an aromatic ring is 1. The predicted molar refractivity (Wildman–Crippen MR) is 68.4 cm³/mol. The van der Waals surface area contributed by atoms with Crippen molar-refractivity contribution >= 4 is 33.6 Å². The van der Waals surface area contributed by atoms with E-state index >= 15 is 0 Å². The van der Waals surface area contributed by atoms with Crippen LogP contribution in [0.2, 0.25) is 0 Å². The average molecular weight is 319 g/mol. The highest BCUT2D eigenvalue weighted by Gasteiger charge is 2.12. The van der Waals surface area contributed by atoms with Crippen LogP contribution in [-0.2, 0) is 0 Å². The lowest BCUT2D eigenvalue weighted by Gasteiger charge is -2.08. The Hall–Kier alpha value is -1.83. The van der Waals surface area contributed by atoms with E-state index in [1.54, 1.807) is 0 Å². The summed E-state index contributed by atoms with van der Waals surface area (Å²) < 4.78 is 13.4. The maximum absolute atomic E-state index is 13.1. The van der Waals surface area contributed by atoms with Crippen molar-refractivity contribution in [2.45, 2.75) is 0 Å². The maximum Gasteiger partial charge on any atom is 0.312 e. The van der Waals surface area contributed by atoms with Crippen LogP contribution in [0.4, 0.5) is 14.9 Å². The number of urea groups is 1. The van der Waals surface area contributed by atoms with Crippen molar-refractivity contribution in [1.29, 1.82) is 0 Å². The highest BCUT2D eigenvalue weighted by molar-refractivity contribution is 9.10. The lowest BCUT2D eigenvalue weighted by Crippen LogP contribution is -2.37. The van der Waals surface area contributed by atoms with Crippen molar-refractivity contribution in [2.24, 2.45) is 5.73 Å². The number of carbonyl (C=O) groups is 2. The first kappa shape index (κ1) is 14.2. The van der Waals surface area contributed by atoms with Crippen LogP contribution in [0.1, 0.15) is 10.4 Å². The van der Waals surface area contributed by atoms with Gasteiger partial charge in [-0.1, -0.05) is 0 Å². The summed E-state index contributed by atoms with van der Waals surface area (Å²) in [6.45, 7) is 0.404. The van der Waals surface area contributed by atoms with Crippen LogP contribution < -0.4 is 22.1 Å². The molecule has 1 aromatic carbocycles. The smallest absolute Gasteiger partial charge is 0.312 e. The summed E-state index contributed by atoms with van der Waals surface area (Å²) in [5.74, 6) is -1.03. The summed E-state index contributed by atoms with van der Waals surface area (Å²) in [5.41, 5.74) is 10.3. The summed E-state index contributed by atoms with van der Waals surface area (Å²) in [7, 11) is 0. The molecule has 0 aliphatic carbocycles. The van der Waals surface area contributed by atoms with E-state index in [2.05, 4.69) is 26.6 Å². The molecule has 0 spiro atoms. The molecule has 0 saturated carbocycles. The second-order valence-electron chi connectivity index (χ2n) is 3.40. The fourth-order valence-electron chi connectivity index (χ4n) is 1.20. The third-order valence-electron chi connectivity index (χ3n) is 2.04. The molecule has 0 aliphatic heterocycles. The fourth-order valence-corrected chi connectivity index (χ4v) is 1.69. The van der Waals surface area contributed by atoms with E-state index in [-0.39, 0.29) is 24.3 Å². The Morgan fingerprint density at radius 2 is 1.89 bits per heavy atom. The molecule has 0 fully saturated rings. The first-order valence-electron chi connectivity index (χ1n) is 4.98. The number of benzene rings is 1. The van der Waals surface area contributed by atoms with Crippen molar-refractivity contribution in [1.82, 2.24) is 10.6 Å². The van der Waals surface area contributed by atoms with Gasteiger partial charge in [-0.15, -0.1) is 0 Å². The van der Waals surface area contributed by atoms with Crippen molar-refractivity contribution in [3.63, 3.8) is 0 Å². The molecule has 1 aromatic rings. The number of anilines is 1. The molecule has 1 rings (SSSR count). The fraction of sp³-hybridized carbons (Fsp3) is 0.200. The monoisotopic (exact) mass is 318 g/mol. The lowest BCUT2D eigenvalue weighted by molar-refractivity contribution is 0.0953. The number of hydrogen-bond acceptors (Lipinski definition) is 3. The van der Waals surface area contributed by atoms with E-state index < -0.39 is 17.8 Å². The van der Waals surface area contributed by atoms with Crippen LogP contribution in [0, 0.1) is 5.82 Å². The van der Waals surface area contributed by atoms with Gasteiger partial charge in [0.15, 0.2) is 0 Å². The molecule has 98 valence electrons. The zero-order valence-electron chi connectivity index (χ0n) is 9.30. The van der Waals surface area contributed by atoms with Crippen LogP contribution in [0.5, 0.6) is 0 Å². The van der Waals surface area contributed by atoms with Gasteiger partial charge in [-0.3, -0.25) is 4.79 Å². The molecule has 0 aliphatic rings. The minimum absolute atomic E-state index is 0.112. The third kappa shape index (κ3) is 3.88. The van der Waals surface area contributed by atoms with Gasteiger partial charge in [0, 0.05) is 17.6 Å². The number of primary amides is 1. The Bertz CT molecular complexity index is 481. The summed E-state index contributed by atoms with van der Waals surface area (Å²) in [6.07, 6.45) is 0. The number of nitrogens with two attached hydrogens (primary N) is 2. The molecule has 0 unspecified atom stereocenters. The second-order valence-corrected chi connectivity index (χ2v) is 4.25. The zero-order valence-corrected chi connectivity index (χ0v) is 10.9. The van der Waals surface area contributed by atoms with Gasteiger partial charge < -0.3 is 22.1 Å². The molecule has 0 saturated heterocycles. The van der Waals surface area contributed by atoms with Crippen LogP contribution in [0.25, 0.3) is 0 Å². The molecule has 8 heteroatoms. The quantitative estimate of drug-likeness (QED) is 0.481. The molecular formula is C10H12BrFN4O2. The number of rotatable bonds is 4. The van der Waals surface area contributed by atoms with Gasteiger partial charge in [0.25, 0.3) is 5.91 Å². The molecule has 3 amide bonds. The molecule has 18 heavy (non-hydrogen) atoms.